The fourth-order valence-electron chi connectivity index (χ4n) is 1.48. The second-order valence-electron chi connectivity index (χ2n) is 3.07. The summed E-state index contributed by atoms with van der Waals surface area (Å²) in [5.74, 6) is 0.471. The van der Waals surface area contributed by atoms with E-state index in [4.69, 9.17) is 0 Å². The smallest absolute Gasteiger partial charge is 0.123 e. The van der Waals surface area contributed by atoms with Crippen LogP contribution in [0.3, 0.4) is 0 Å². The molecule has 0 N–H and O–H groups in total. The highest BCUT2D eigenvalue weighted by Crippen LogP contribution is 2.27. The summed E-state index contributed by atoms with van der Waals surface area (Å²) < 4.78 is 12.0. The van der Waals surface area contributed by atoms with Crippen molar-refractivity contribution in [3.63, 3.8) is 0 Å². The zero-order valence-electron chi connectivity index (χ0n) is 6.05. The molecule has 0 saturated heterocycles. The molecule has 2 heteroatoms. The molecule has 0 heterocycles. The third-order valence-electron chi connectivity index (χ3n) is 2.30. The van der Waals surface area contributed by atoms with Gasteiger partial charge < -0.3 is 4.79 Å². The van der Waals surface area contributed by atoms with E-state index in [1.165, 1.54) is 0 Å². The average molecular weight is 143 g/mol. The van der Waals surface area contributed by atoms with E-state index in [2.05, 4.69) is 0 Å². The second-order valence-corrected chi connectivity index (χ2v) is 3.07. The van der Waals surface area contributed by atoms with Crippen LogP contribution in [0.2, 0.25) is 0 Å². The van der Waals surface area contributed by atoms with Crippen LogP contribution in [-0.2, 0) is 4.79 Å². The molecule has 58 valence electrons. The van der Waals surface area contributed by atoms with E-state index in [-0.39, 0.29) is 18.5 Å². The monoisotopic (exact) mass is 143 g/mol. The molecule has 0 amide bonds. The Morgan fingerprint density at radius 1 is 1.30 bits per heavy atom. The number of aldehydes is 1. The largest absolute Gasteiger partial charge is 0.303 e. The number of rotatable bonds is 2. The predicted molar refractivity (Wildman–Crippen MR) is 37.5 cm³/mol. The first-order chi connectivity index (χ1) is 4.86. The van der Waals surface area contributed by atoms with Crippen molar-refractivity contribution in [1.82, 2.24) is 0 Å². The van der Waals surface area contributed by atoms with Gasteiger partial charge in [0, 0.05) is 5.92 Å². The summed E-state index contributed by atoms with van der Waals surface area (Å²) in [5.41, 5.74) is 0. The van der Waals surface area contributed by atoms with Crippen LogP contribution in [0.15, 0.2) is 0 Å². The van der Waals surface area contributed by atoms with Gasteiger partial charge in [-0.15, -0.1) is 0 Å². The van der Waals surface area contributed by atoms with Crippen LogP contribution in [0.4, 0.5) is 4.39 Å². The molecule has 0 aromatic rings. The number of halogens is 1. The minimum absolute atomic E-state index is 0.203. The van der Waals surface area contributed by atoms with Gasteiger partial charge in [-0.2, -0.15) is 0 Å². The lowest BCUT2D eigenvalue weighted by molar-refractivity contribution is -0.112. The molecule has 1 aliphatic carbocycles. The summed E-state index contributed by atoms with van der Waals surface area (Å²) in [6, 6.07) is 0. The first-order valence-electron chi connectivity index (χ1n) is 3.88. The van der Waals surface area contributed by atoms with Crippen LogP contribution in [0.25, 0.3) is 0 Å². The van der Waals surface area contributed by atoms with E-state index in [1.807, 2.05) is 0 Å². The van der Waals surface area contributed by atoms with Crippen molar-refractivity contribution in [2.24, 2.45) is 11.8 Å². The SMILES string of the molecule is O=CC1CCC(C[18F])CC1. The maximum absolute atomic E-state index is 12.0. The van der Waals surface area contributed by atoms with Gasteiger partial charge in [-0.3, -0.25) is 4.39 Å². The second kappa shape index (κ2) is 3.69. The molecule has 1 rings (SSSR count). The van der Waals surface area contributed by atoms with E-state index in [9.17, 15) is 9.18 Å². The Morgan fingerprint density at radius 3 is 2.30 bits per heavy atom. The molecule has 0 radical (unpaired) electrons. The highest BCUT2D eigenvalue weighted by molar-refractivity contribution is 5.53. The third kappa shape index (κ3) is 1.79. The number of hydrogen-bond acceptors (Lipinski definition) is 1. The van der Waals surface area contributed by atoms with Crippen LogP contribution in [-0.4, -0.2) is 13.0 Å². The van der Waals surface area contributed by atoms with Crippen molar-refractivity contribution in [2.75, 3.05) is 6.67 Å². The highest BCUT2D eigenvalue weighted by Gasteiger charge is 2.19. The standard InChI is InChI=1S/C8H13FO/c9-5-7-1-3-8(6-10)4-2-7/h6-8H,1-5H2/i9-1. The van der Waals surface area contributed by atoms with Crippen molar-refractivity contribution < 1.29 is 9.18 Å². The third-order valence-corrected chi connectivity index (χ3v) is 2.30. The Bertz CT molecular complexity index is 106. The van der Waals surface area contributed by atoms with Gasteiger partial charge in [0.15, 0.2) is 0 Å². The minimum atomic E-state index is -0.203. The van der Waals surface area contributed by atoms with Crippen LogP contribution < -0.4 is 0 Å². The van der Waals surface area contributed by atoms with Gasteiger partial charge in [-0.25, -0.2) is 0 Å². The van der Waals surface area contributed by atoms with Gasteiger partial charge in [-0.1, -0.05) is 0 Å². The molecule has 10 heavy (non-hydrogen) atoms. The number of carbonyl (C=O) groups is 1. The summed E-state index contributed by atoms with van der Waals surface area (Å²) in [4.78, 5) is 10.3. The molecule has 1 nitrogen and oxygen atoms in total. The van der Waals surface area contributed by atoms with Crippen LogP contribution in [0, 0.1) is 11.8 Å². The molecule has 0 aliphatic heterocycles. The van der Waals surface area contributed by atoms with Crippen molar-refractivity contribution in [3.05, 3.63) is 0 Å². The van der Waals surface area contributed by atoms with Gasteiger partial charge in [0.05, 0.1) is 6.67 Å². The molecule has 0 aromatic heterocycles. The maximum atomic E-state index is 12.0. The van der Waals surface area contributed by atoms with Crippen LogP contribution >= 0.6 is 0 Å². The lowest BCUT2D eigenvalue weighted by Gasteiger charge is -2.22. The topological polar surface area (TPSA) is 17.1 Å². The van der Waals surface area contributed by atoms with E-state index >= 15 is 0 Å². The fourth-order valence-corrected chi connectivity index (χ4v) is 1.48. The lowest BCUT2D eigenvalue weighted by Crippen LogP contribution is -2.16. The van der Waals surface area contributed by atoms with Gasteiger partial charge in [0.25, 0.3) is 0 Å². The number of alkyl halides is 1. The fraction of sp³-hybridized carbons (Fsp3) is 0.875. The van der Waals surface area contributed by atoms with E-state index in [0.29, 0.717) is 0 Å². The summed E-state index contributed by atoms with van der Waals surface area (Å²) >= 11 is 0. The number of carbonyl (C=O) groups excluding carboxylic acids is 1. The molecular formula is C8H13FO. The van der Waals surface area contributed by atoms with Gasteiger partial charge in [-0.05, 0) is 31.6 Å². The molecule has 1 saturated carbocycles. The van der Waals surface area contributed by atoms with Crippen LogP contribution in [0.1, 0.15) is 25.7 Å². The summed E-state index contributed by atoms with van der Waals surface area (Å²) in [6.45, 7) is -0.203. The Hall–Kier alpha value is -0.400. The Morgan fingerprint density at radius 2 is 1.90 bits per heavy atom. The van der Waals surface area contributed by atoms with E-state index in [1.54, 1.807) is 0 Å². The quantitative estimate of drug-likeness (QED) is 0.540. The average Bonchev–Trinajstić information content (AvgIpc) is 2.05. The van der Waals surface area contributed by atoms with Gasteiger partial charge in [0.2, 0.25) is 0 Å². The Balaban J connectivity index is 2.23. The molecule has 0 unspecified atom stereocenters. The maximum Gasteiger partial charge on any atom is 0.123 e. The minimum Gasteiger partial charge on any atom is -0.303 e. The van der Waals surface area contributed by atoms with Crippen molar-refractivity contribution in [2.45, 2.75) is 25.7 Å². The summed E-state index contributed by atoms with van der Waals surface area (Å²) in [6.07, 6.45) is 4.62. The summed E-state index contributed by atoms with van der Waals surface area (Å²) in [7, 11) is 0. The van der Waals surface area contributed by atoms with Crippen molar-refractivity contribution in [1.29, 1.82) is 0 Å². The lowest BCUT2D eigenvalue weighted by atomic mass is 9.83. The van der Waals surface area contributed by atoms with Crippen LogP contribution in [0.5, 0.6) is 0 Å². The molecule has 0 spiro atoms. The molecular weight excluding hydrogens is 130 g/mol. The van der Waals surface area contributed by atoms with Crippen molar-refractivity contribution >= 4 is 6.29 Å². The highest BCUT2D eigenvalue weighted by atomic mass is 18.2. The zero-order valence-corrected chi connectivity index (χ0v) is 6.05. The molecule has 1 aliphatic rings. The summed E-state index contributed by atoms with van der Waals surface area (Å²) in [5, 5.41) is 0. The molecule has 0 bridgehead atoms. The molecule has 0 aromatic carbocycles. The van der Waals surface area contributed by atoms with Gasteiger partial charge >= 0.3 is 0 Å². The predicted octanol–water partition coefficient (Wildman–Crippen LogP) is 1.96. The van der Waals surface area contributed by atoms with E-state index in [0.717, 1.165) is 32.0 Å². The zero-order chi connectivity index (χ0) is 7.40. The molecule has 0 atom stereocenters. The molecule has 1 fully saturated rings. The first-order valence-corrected chi connectivity index (χ1v) is 3.88. The van der Waals surface area contributed by atoms with Gasteiger partial charge in [0.1, 0.15) is 6.29 Å². The number of hydrogen-bond donors (Lipinski definition) is 0. The van der Waals surface area contributed by atoms with E-state index < -0.39 is 0 Å². The normalized spacial score (nSPS) is 33.7. The Kier molecular flexibility index (Phi) is 2.84. The Labute approximate surface area is 60.6 Å². The van der Waals surface area contributed by atoms with Crippen molar-refractivity contribution in [3.8, 4) is 0 Å². The first kappa shape index (κ1) is 7.70.